The van der Waals surface area contributed by atoms with Crippen LogP contribution in [0.3, 0.4) is 0 Å². The summed E-state index contributed by atoms with van der Waals surface area (Å²) in [6, 6.07) is 9.26. The second-order valence-corrected chi connectivity index (χ2v) is 4.88. The lowest BCUT2D eigenvalue weighted by Gasteiger charge is -2.09. The van der Waals surface area contributed by atoms with Crippen LogP contribution in [0.15, 0.2) is 47.3 Å². The molecule has 22 heavy (non-hydrogen) atoms. The third-order valence-corrected chi connectivity index (χ3v) is 3.25. The average molecular weight is 297 g/mol. The van der Waals surface area contributed by atoms with Gasteiger partial charge in [0.15, 0.2) is 0 Å². The van der Waals surface area contributed by atoms with Crippen LogP contribution in [0.25, 0.3) is 5.69 Å². The Kier molecular flexibility index (Phi) is 3.95. The zero-order chi connectivity index (χ0) is 15.4. The highest BCUT2D eigenvalue weighted by Gasteiger charge is 2.07. The predicted octanol–water partition coefficient (Wildman–Crippen LogP) is 2.14. The Balaban J connectivity index is 1.63. The first-order valence-electron chi connectivity index (χ1n) is 6.88. The van der Waals surface area contributed by atoms with Gasteiger partial charge in [-0.3, -0.25) is 4.79 Å². The Morgan fingerprint density at radius 3 is 2.95 bits per heavy atom. The zero-order valence-corrected chi connectivity index (χ0v) is 12.1. The normalized spacial score (nSPS) is 10.6. The maximum Gasteiger partial charge on any atom is 0.224 e. The Bertz CT molecular complexity index is 750. The number of nitrogens with one attached hydrogen (secondary N) is 1. The highest BCUT2D eigenvalue weighted by Crippen LogP contribution is 2.18. The van der Waals surface area contributed by atoms with Crippen molar-refractivity contribution in [3.8, 4) is 5.69 Å². The van der Waals surface area contributed by atoms with Gasteiger partial charge in [-0.15, -0.1) is 5.10 Å². The highest BCUT2D eigenvalue weighted by atomic mass is 16.3. The molecule has 0 unspecified atom stereocenters. The summed E-state index contributed by atoms with van der Waals surface area (Å²) in [5.74, 6) is 0.756. The average Bonchev–Trinajstić information content (AvgIpc) is 3.19. The molecule has 0 atom stereocenters. The fourth-order valence-electron chi connectivity index (χ4n) is 2.18. The molecular formula is C15H15N5O2. The third kappa shape index (κ3) is 3.20. The molecule has 0 fully saturated rings. The molecule has 1 aromatic carbocycles. The molecule has 3 rings (SSSR count). The molecule has 0 radical (unpaired) electrons. The fraction of sp³-hybridized carbons (Fsp3) is 0.200. The van der Waals surface area contributed by atoms with Gasteiger partial charge in [0.1, 0.15) is 12.1 Å². The summed E-state index contributed by atoms with van der Waals surface area (Å²) >= 11 is 0. The zero-order valence-electron chi connectivity index (χ0n) is 12.1. The standard InChI is InChI=1S/C15H15N5O2/c1-11-9-12(4-6-14(11)20-10-16-18-19-20)17-15(21)7-5-13-3-2-8-22-13/h2-4,6,8-10H,5,7H2,1H3,(H,17,21). The second-order valence-electron chi connectivity index (χ2n) is 4.88. The smallest absolute Gasteiger partial charge is 0.224 e. The van der Waals surface area contributed by atoms with Crippen LogP contribution in [-0.4, -0.2) is 26.1 Å². The number of aromatic nitrogens is 4. The maximum atomic E-state index is 11.9. The molecule has 2 aromatic heterocycles. The summed E-state index contributed by atoms with van der Waals surface area (Å²) in [6.07, 6.45) is 4.10. The lowest BCUT2D eigenvalue weighted by molar-refractivity contribution is -0.116. The van der Waals surface area contributed by atoms with Crippen molar-refractivity contribution >= 4 is 11.6 Å². The van der Waals surface area contributed by atoms with Crippen LogP contribution in [0, 0.1) is 6.92 Å². The molecule has 1 amide bonds. The molecule has 7 heteroatoms. The van der Waals surface area contributed by atoms with Crippen molar-refractivity contribution in [2.24, 2.45) is 0 Å². The van der Waals surface area contributed by atoms with Crippen molar-refractivity contribution in [2.75, 3.05) is 5.32 Å². The Hall–Kier alpha value is -2.96. The summed E-state index contributed by atoms with van der Waals surface area (Å²) in [7, 11) is 0. The molecule has 0 aliphatic heterocycles. The van der Waals surface area contributed by atoms with E-state index in [-0.39, 0.29) is 5.91 Å². The van der Waals surface area contributed by atoms with Gasteiger partial charge in [-0.05, 0) is 53.2 Å². The van der Waals surface area contributed by atoms with Crippen LogP contribution in [0.2, 0.25) is 0 Å². The summed E-state index contributed by atoms with van der Waals surface area (Å²) in [6.45, 7) is 1.94. The molecule has 0 aliphatic rings. The first kappa shape index (κ1) is 14.0. The van der Waals surface area contributed by atoms with Crippen LogP contribution in [0.4, 0.5) is 5.69 Å². The number of hydrogen-bond acceptors (Lipinski definition) is 5. The number of hydrogen-bond donors (Lipinski definition) is 1. The van der Waals surface area contributed by atoms with Crippen molar-refractivity contribution in [3.05, 3.63) is 54.2 Å². The molecule has 0 aliphatic carbocycles. The molecule has 0 bridgehead atoms. The van der Waals surface area contributed by atoms with E-state index in [1.165, 1.54) is 6.33 Å². The fourth-order valence-corrected chi connectivity index (χ4v) is 2.18. The molecule has 7 nitrogen and oxygen atoms in total. The van der Waals surface area contributed by atoms with Gasteiger partial charge in [0.2, 0.25) is 5.91 Å². The second kappa shape index (κ2) is 6.21. The van der Waals surface area contributed by atoms with E-state index in [9.17, 15) is 4.79 Å². The highest BCUT2D eigenvalue weighted by molar-refractivity contribution is 5.91. The molecule has 0 saturated heterocycles. The van der Waals surface area contributed by atoms with E-state index in [0.717, 1.165) is 22.7 Å². The number of carbonyl (C=O) groups excluding carboxylic acids is 1. The number of furan rings is 1. The van der Waals surface area contributed by atoms with Crippen molar-refractivity contribution in [2.45, 2.75) is 19.8 Å². The minimum atomic E-state index is -0.0500. The first-order chi connectivity index (χ1) is 10.7. The molecule has 0 spiro atoms. The molecule has 1 N–H and O–H groups in total. The summed E-state index contributed by atoms with van der Waals surface area (Å²) in [5.41, 5.74) is 2.59. The van der Waals surface area contributed by atoms with E-state index in [2.05, 4.69) is 20.8 Å². The minimum Gasteiger partial charge on any atom is -0.469 e. The van der Waals surface area contributed by atoms with Crippen molar-refractivity contribution in [1.82, 2.24) is 20.2 Å². The largest absolute Gasteiger partial charge is 0.469 e. The number of anilines is 1. The third-order valence-electron chi connectivity index (χ3n) is 3.25. The summed E-state index contributed by atoms with van der Waals surface area (Å²) in [5, 5.41) is 14.0. The number of tetrazole rings is 1. The number of rotatable bonds is 5. The quantitative estimate of drug-likeness (QED) is 0.779. The van der Waals surface area contributed by atoms with Crippen molar-refractivity contribution < 1.29 is 9.21 Å². The van der Waals surface area contributed by atoms with E-state index in [1.54, 1.807) is 10.9 Å². The monoisotopic (exact) mass is 297 g/mol. The van der Waals surface area contributed by atoms with Crippen molar-refractivity contribution in [1.29, 1.82) is 0 Å². The van der Waals surface area contributed by atoms with Gasteiger partial charge in [0, 0.05) is 18.5 Å². The first-order valence-corrected chi connectivity index (χ1v) is 6.88. The van der Waals surface area contributed by atoms with Crippen LogP contribution in [0.1, 0.15) is 17.7 Å². The van der Waals surface area contributed by atoms with Gasteiger partial charge in [-0.1, -0.05) is 0 Å². The van der Waals surface area contributed by atoms with Gasteiger partial charge in [0.05, 0.1) is 12.0 Å². The number of carbonyl (C=O) groups is 1. The Morgan fingerprint density at radius 1 is 1.36 bits per heavy atom. The molecule has 112 valence electrons. The lowest BCUT2D eigenvalue weighted by Crippen LogP contribution is -2.12. The van der Waals surface area contributed by atoms with Gasteiger partial charge in [0.25, 0.3) is 0 Å². The lowest BCUT2D eigenvalue weighted by atomic mass is 10.1. The molecule has 2 heterocycles. The Labute approximate surface area is 126 Å². The SMILES string of the molecule is Cc1cc(NC(=O)CCc2ccco2)ccc1-n1cnnn1. The van der Waals surface area contributed by atoms with E-state index in [0.29, 0.717) is 12.8 Å². The number of amides is 1. The van der Waals surface area contributed by atoms with Crippen LogP contribution in [-0.2, 0) is 11.2 Å². The number of nitrogens with zero attached hydrogens (tertiary/aromatic N) is 4. The molecular weight excluding hydrogens is 282 g/mol. The predicted molar refractivity (Wildman–Crippen MR) is 79.5 cm³/mol. The van der Waals surface area contributed by atoms with E-state index < -0.39 is 0 Å². The maximum absolute atomic E-state index is 11.9. The van der Waals surface area contributed by atoms with E-state index in [1.807, 2.05) is 37.3 Å². The van der Waals surface area contributed by atoms with Gasteiger partial charge < -0.3 is 9.73 Å². The summed E-state index contributed by atoms with van der Waals surface area (Å²) in [4.78, 5) is 11.9. The number of benzene rings is 1. The molecule has 3 aromatic rings. The van der Waals surface area contributed by atoms with E-state index >= 15 is 0 Å². The van der Waals surface area contributed by atoms with Gasteiger partial charge >= 0.3 is 0 Å². The topological polar surface area (TPSA) is 85.8 Å². The van der Waals surface area contributed by atoms with E-state index in [4.69, 9.17) is 4.42 Å². The van der Waals surface area contributed by atoms with Crippen molar-refractivity contribution in [3.63, 3.8) is 0 Å². The molecule has 0 saturated carbocycles. The minimum absolute atomic E-state index is 0.0500. The van der Waals surface area contributed by atoms with Crippen LogP contribution >= 0.6 is 0 Å². The van der Waals surface area contributed by atoms with Gasteiger partial charge in [-0.25, -0.2) is 4.68 Å². The number of aryl methyl sites for hydroxylation is 2. The van der Waals surface area contributed by atoms with Crippen LogP contribution in [0.5, 0.6) is 0 Å². The van der Waals surface area contributed by atoms with Crippen LogP contribution < -0.4 is 5.32 Å². The Morgan fingerprint density at radius 2 is 2.27 bits per heavy atom. The summed E-state index contributed by atoms with van der Waals surface area (Å²) < 4.78 is 6.79. The van der Waals surface area contributed by atoms with Gasteiger partial charge in [-0.2, -0.15) is 0 Å².